The summed E-state index contributed by atoms with van der Waals surface area (Å²) in [6, 6.07) is 10.5. The Morgan fingerprint density at radius 3 is 2.35 bits per heavy atom. The van der Waals surface area contributed by atoms with E-state index in [1.165, 1.54) is 30.3 Å². The Hall–Kier alpha value is -2.96. The zero-order valence-electron chi connectivity index (χ0n) is 14.3. The van der Waals surface area contributed by atoms with E-state index in [9.17, 15) is 23.5 Å². The monoisotopic (exact) mass is 363 g/mol. The Kier molecular flexibility index (Phi) is 5.92. The van der Waals surface area contributed by atoms with Crippen molar-refractivity contribution in [2.45, 2.75) is 25.4 Å². The van der Waals surface area contributed by atoms with E-state index in [1.807, 2.05) is 0 Å². The van der Waals surface area contributed by atoms with Crippen molar-refractivity contribution in [3.63, 3.8) is 0 Å². The van der Waals surface area contributed by atoms with Crippen LogP contribution in [0, 0.1) is 11.6 Å². The van der Waals surface area contributed by atoms with Crippen LogP contribution in [-0.4, -0.2) is 29.6 Å². The second-order valence-corrected chi connectivity index (χ2v) is 6.24. The average molecular weight is 363 g/mol. The van der Waals surface area contributed by atoms with Crippen LogP contribution in [0.4, 0.5) is 8.78 Å². The Labute approximate surface area is 149 Å². The lowest BCUT2D eigenvalue weighted by Gasteiger charge is -2.25. The van der Waals surface area contributed by atoms with Gasteiger partial charge in [0.1, 0.15) is 17.4 Å². The Morgan fingerprint density at radius 2 is 1.77 bits per heavy atom. The molecule has 0 saturated heterocycles. The van der Waals surface area contributed by atoms with Gasteiger partial charge in [0, 0.05) is 0 Å². The molecular formula is C19H19F2NO4. The summed E-state index contributed by atoms with van der Waals surface area (Å²) in [5.41, 5.74) is -0.609. The largest absolute Gasteiger partial charge is 0.478 e. The first kappa shape index (κ1) is 19.4. The maximum absolute atomic E-state index is 13.4. The number of benzene rings is 2. The minimum atomic E-state index is -1.35. The van der Waals surface area contributed by atoms with E-state index >= 15 is 0 Å². The van der Waals surface area contributed by atoms with Gasteiger partial charge >= 0.3 is 5.97 Å². The molecular weight excluding hydrogens is 344 g/mol. The van der Waals surface area contributed by atoms with Gasteiger partial charge < -0.3 is 15.2 Å². The molecule has 0 spiro atoms. The molecule has 0 radical (unpaired) electrons. The van der Waals surface area contributed by atoms with Gasteiger partial charge in [-0.15, -0.1) is 0 Å². The zero-order valence-corrected chi connectivity index (χ0v) is 14.3. The number of carboxylic acids is 1. The summed E-state index contributed by atoms with van der Waals surface area (Å²) in [6.07, 6.45) is -1.35. The summed E-state index contributed by atoms with van der Waals surface area (Å²) in [6.45, 7) is 2.91. The molecule has 0 aromatic heterocycles. The van der Waals surface area contributed by atoms with Crippen LogP contribution in [0.2, 0.25) is 0 Å². The van der Waals surface area contributed by atoms with Gasteiger partial charge in [0.25, 0.3) is 0 Å². The second-order valence-electron chi connectivity index (χ2n) is 6.24. The van der Waals surface area contributed by atoms with Crippen LogP contribution in [0.15, 0.2) is 48.5 Å². The van der Waals surface area contributed by atoms with Gasteiger partial charge in [-0.25, -0.2) is 13.6 Å². The predicted octanol–water partition coefficient (Wildman–Crippen LogP) is 2.89. The molecule has 2 aromatic carbocycles. The fourth-order valence-corrected chi connectivity index (χ4v) is 2.27. The molecule has 2 rings (SSSR count). The maximum atomic E-state index is 13.4. The van der Waals surface area contributed by atoms with Crippen molar-refractivity contribution in [1.82, 2.24) is 5.32 Å². The fraction of sp³-hybridized carbons (Fsp3) is 0.263. The summed E-state index contributed by atoms with van der Waals surface area (Å²) < 4.78 is 31.6. The topological polar surface area (TPSA) is 75.6 Å². The van der Waals surface area contributed by atoms with E-state index in [1.54, 1.807) is 19.9 Å². The number of aliphatic carboxylic acids is 1. The molecule has 0 aliphatic carbocycles. The van der Waals surface area contributed by atoms with Gasteiger partial charge in [0.05, 0.1) is 12.0 Å². The molecule has 1 amide bonds. The Bertz CT molecular complexity index is 790. The molecule has 0 aliphatic rings. The van der Waals surface area contributed by atoms with Crippen molar-refractivity contribution in [1.29, 1.82) is 0 Å². The van der Waals surface area contributed by atoms with Crippen molar-refractivity contribution in [2.24, 2.45) is 0 Å². The van der Waals surface area contributed by atoms with Gasteiger partial charge in [-0.3, -0.25) is 4.79 Å². The fourth-order valence-electron chi connectivity index (χ4n) is 2.27. The highest BCUT2D eigenvalue weighted by molar-refractivity contribution is 5.87. The van der Waals surface area contributed by atoms with Gasteiger partial charge in [-0.1, -0.05) is 12.1 Å². The van der Waals surface area contributed by atoms with Gasteiger partial charge in [-0.2, -0.15) is 0 Å². The smallest absolute Gasteiger partial charge is 0.346 e. The van der Waals surface area contributed by atoms with Crippen molar-refractivity contribution >= 4 is 11.9 Å². The van der Waals surface area contributed by atoms with E-state index in [0.29, 0.717) is 5.56 Å². The minimum absolute atomic E-state index is 0.164. The maximum Gasteiger partial charge on any atom is 0.346 e. The lowest BCUT2D eigenvalue weighted by molar-refractivity contribution is -0.145. The van der Waals surface area contributed by atoms with Crippen LogP contribution in [0.25, 0.3) is 0 Å². The third kappa shape index (κ3) is 4.78. The molecule has 7 heteroatoms. The highest BCUT2D eigenvalue weighted by atomic mass is 19.1. The van der Waals surface area contributed by atoms with Crippen molar-refractivity contribution in [3.8, 4) is 5.75 Å². The molecule has 0 heterocycles. The van der Waals surface area contributed by atoms with Gasteiger partial charge in [0.2, 0.25) is 12.0 Å². The van der Waals surface area contributed by atoms with Crippen LogP contribution in [0.1, 0.15) is 19.4 Å². The van der Waals surface area contributed by atoms with E-state index in [-0.39, 0.29) is 12.3 Å². The van der Waals surface area contributed by atoms with Crippen molar-refractivity contribution in [3.05, 3.63) is 65.7 Å². The van der Waals surface area contributed by atoms with Crippen LogP contribution in [0.5, 0.6) is 5.75 Å². The summed E-state index contributed by atoms with van der Waals surface area (Å²) in [4.78, 5) is 23.8. The Morgan fingerprint density at radius 1 is 1.12 bits per heavy atom. The number of hydrogen-bond donors (Lipinski definition) is 2. The van der Waals surface area contributed by atoms with Crippen LogP contribution < -0.4 is 10.1 Å². The number of amides is 1. The number of carbonyl (C=O) groups excluding carboxylic acids is 1. The zero-order chi connectivity index (χ0) is 19.3. The van der Waals surface area contributed by atoms with Gasteiger partial charge in [-0.05, 0) is 55.8 Å². The Balaban J connectivity index is 2.04. The molecule has 26 heavy (non-hydrogen) atoms. The quantitative estimate of drug-likeness (QED) is 0.793. The van der Waals surface area contributed by atoms with E-state index < -0.39 is 35.0 Å². The summed E-state index contributed by atoms with van der Waals surface area (Å²) >= 11 is 0. The van der Waals surface area contributed by atoms with E-state index in [2.05, 4.69) is 5.32 Å². The number of carboxylic acid groups (broad SMARTS) is 1. The van der Waals surface area contributed by atoms with E-state index in [4.69, 9.17) is 4.74 Å². The third-order valence-corrected chi connectivity index (χ3v) is 3.93. The predicted molar refractivity (Wildman–Crippen MR) is 90.9 cm³/mol. The van der Waals surface area contributed by atoms with Gasteiger partial charge in [0.15, 0.2) is 0 Å². The van der Waals surface area contributed by atoms with Crippen LogP contribution in [-0.2, 0) is 15.0 Å². The molecule has 0 saturated carbocycles. The van der Waals surface area contributed by atoms with Crippen molar-refractivity contribution in [2.75, 3.05) is 6.54 Å². The number of halogens is 2. The first-order chi connectivity index (χ1) is 12.2. The summed E-state index contributed by atoms with van der Waals surface area (Å²) in [5.74, 6) is -2.53. The number of ether oxygens (including phenoxy) is 1. The van der Waals surface area contributed by atoms with E-state index in [0.717, 1.165) is 12.1 Å². The summed E-state index contributed by atoms with van der Waals surface area (Å²) in [5, 5.41) is 11.8. The molecule has 0 fully saturated rings. The first-order valence-corrected chi connectivity index (χ1v) is 7.89. The molecule has 5 nitrogen and oxygen atoms in total. The normalized spacial score (nSPS) is 12.3. The highest BCUT2D eigenvalue weighted by Gasteiger charge is 2.31. The molecule has 0 aliphatic heterocycles. The minimum Gasteiger partial charge on any atom is -0.478 e. The average Bonchev–Trinajstić information content (AvgIpc) is 2.59. The summed E-state index contributed by atoms with van der Waals surface area (Å²) in [7, 11) is 0. The highest BCUT2D eigenvalue weighted by Crippen LogP contribution is 2.24. The number of hydrogen-bond acceptors (Lipinski definition) is 3. The SMILES string of the molecule is CC(C)(C(=O)NCC(Oc1ccc(F)cc1)C(=O)O)c1cccc(F)c1. The first-order valence-electron chi connectivity index (χ1n) is 7.89. The lowest BCUT2D eigenvalue weighted by Crippen LogP contribution is -2.46. The molecule has 138 valence electrons. The number of nitrogens with one attached hydrogen (secondary N) is 1. The second kappa shape index (κ2) is 7.95. The van der Waals surface area contributed by atoms with Crippen LogP contribution in [0.3, 0.4) is 0 Å². The standard InChI is InChI=1S/C19H19F2NO4/c1-19(2,12-4-3-5-14(21)10-12)18(25)22-11-16(17(23)24)26-15-8-6-13(20)7-9-15/h3-10,16H,11H2,1-2H3,(H,22,25)(H,23,24). The van der Waals surface area contributed by atoms with Crippen molar-refractivity contribution < 1.29 is 28.2 Å². The molecule has 2 N–H and O–H groups in total. The van der Waals surface area contributed by atoms with Crippen LogP contribution >= 0.6 is 0 Å². The number of carbonyl (C=O) groups is 2. The molecule has 0 bridgehead atoms. The molecule has 1 atom stereocenters. The third-order valence-electron chi connectivity index (χ3n) is 3.93. The molecule has 2 aromatic rings. The lowest BCUT2D eigenvalue weighted by atomic mass is 9.83. The number of rotatable bonds is 7. The molecule has 1 unspecified atom stereocenters.